The summed E-state index contributed by atoms with van der Waals surface area (Å²) in [5.74, 6) is 0. The predicted molar refractivity (Wildman–Crippen MR) is 73.1 cm³/mol. The Bertz CT molecular complexity index is 511. The molecule has 0 saturated carbocycles. The third kappa shape index (κ3) is 3.14. The van der Waals surface area contributed by atoms with Crippen molar-refractivity contribution in [3.63, 3.8) is 0 Å². The molecule has 0 saturated heterocycles. The fourth-order valence-corrected chi connectivity index (χ4v) is 2.40. The Morgan fingerprint density at radius 1 is 1.50 bits per heavy atom. The molecule has 0 fully saturated rings. The monoisotopic (exact) mass is 309 g/mol. The molecule has 96 valence electrons. The van der Waals surface area contributed by atoms with E-state index in [1.807, 2.05) is 25.4 Å². The number of hydrogen-bond donors (Lipinski definition) is 1. The Morgan fingerprint density at radius 2 is 2.33 bits per heavy atom. The van der Waals surface area contributed by atoms with E-state index in [0.29, 0.717) is 0 Å². The number of aromatic nitrogens is 4. The van der Waals surface area contributed by atoms with Crippen LogP contribution < -0.4 is 5.32 Å². The normalized spacial score (nSPS) is 12.6. The molecule has 2 aromatic heterocycles. The maximum absolute atomic E-state index is 4.44. The molecule has 5 nitrogen and oxygen atoms in total. The zero-order valence-corrected chi connectivity index (χ0v) is 12.1. The first-order valence-electron chi connectivity index (χ1n) is 5.89. The molecule has 0 spiro atoms. The molecule has 0 bridgehead atoms. The second-order valence-electron chi connectivity index (χ2n) is 4.07. The van der Waals surface area contributed by atoms with Gasteiger partial charge in [-0.25, -0.2) is 0 Å². The maximum atomic E-state index is 4.44. The van der Waals surface area contributed by atoms with Crippen LogP contribution in [-0.4, -0.2) is 26.5 Å². The molecule has 1 atom stereocenters. The summed E-state index contributed by atoms with van der Waals surface area (Å²) in [5.41, 5.74) is 1.96. The number of nitrogens with zero attached hydrogens (tertiary/aromatic N) is 4. The third-order valence-electron chi connectivity index (χ3n) is 2.63. The van der Waals surface area contributed by atoms with Gasteiger partial charge in [0.05, 0.1) is 17.4 Å². The SMILES string of the molecule is CCNC(Cc1cn(C)nn1)c1ncccc1Br. The Hall–Kier alpha value is -1.27. The second kappa shape index (κ2) is 6.06. The molecule has 1 N–H and O–H groups in total. The summed E-state index contributed by atoms with van der Waals surface area (Å²) in [6.45, 7) is 2.97. The zero-order valence-electron chi connectivity index (χ0n) is 10.5. The molecule has 2 heterocycles. The van der Waals surface area contributed by atoms with Crippen LogP contribution >= 0.6 is 15.9 Å². The van der Waals surface area contributed by atoms with E-state index in [1.165, 1.54) is 0 Å². The van der Waals surface area contributed by atoms with Crippen LogP contribution in [0.15, 0.2) is 29.0 Å². The molecule has 2 aromatic rings. The average molecular weight is 310 g/mol. The summed E-state index contributed by atoms with van der Waals surface area (Å²) >= 11 is 3.54. The summed E-state index contributed by atoms with van der Waals surface area (Å²) in [7, 11) is 1.87. The van der Waals surface area contributed by atoms with Crippen molar-refractivity contribution in [2.75, 3.05) is 6.54 Å². The average Bonchev–Trinajstić information content (AvgIpc) is 2.75. The third-order valence-corrected chi connectivity index (χ3v) is 3.30. The van der Waals surface area contributed by atoms with Gasteiger partial charge in [0.15, 0.2) is 0 Å². The van der Waals surface area contributed by atoms with Crippen molar-refractivity contribution in [3.05, 3.63) is 40.4 Å². The van der Waals surface area contributed by atoms with E-state index in [-0.39, 0.29) is 6.04 Å². The summed E-state index contributed by atoms with van der Waals surface area (Å²) in [6.07, 6.45) is 4.51. The van der Waals surface area contributed by atoms with Gasteiger partial charge in [0.2, 0.25) is 0 Å². The number of halogens is 1. The van der Waals surface area contributed by atoms with E-state index >= 15 is 0 Å². The Morgan fingerprint density at radius 3 is 2.94 bits per heavy atom. The van der Waals surface area contributed by atoms with Crippen LogP contribution in [0, 0.1) is 0 Å². The van der Waals surface area contributed by atoms with Crippen LogP contribution in [0.4, 0.5) is 0 Å². The molecule has 18 heavy (non-hydrogen) atoms. The van der Waals surface area contributed by atoms with Gasteiger partial charge in [-0.15, -0.1) is 5.10 Å². The van der Waals surface area contributed by atoms with Gasteiger partial charge < -0.3 is 5.32 Å². The fourth-order valence-electron chi connectivity index (χ4n) is 1.86. The number of aryl methyl sites for hydroxylation is 1. The van der Waals surface area contributed by atoms with Crippen LogP contribution in [0.5, 0.6) is 0 Å². The smallest absolute Gasteiger partial charge is 0.0846 e. The first kappa shape index (κ1) is 13.2. The molecule has 0 amide bonds. The first-order chi connectivity index (χ1) is 8.70. The minimum Gasteiger partial charge on any atom is -0.309 e. The number of rotatable bonds is 5. The van der Waals surface area contributed by atoms with E-state index < -0.39 is 0 Å². The summed E-state index contributed by atoms with van der Waals surface area (Å²) < 4.78 is 2.73. The van der Waals surface area contributed by atoms with Crippen LogP contribution in [0.25, 0.3) is 0 Å². The van der Waals surface area contributed by atoms with Gasteiger partial charge in [0.25, 0.3) is 0 Å². The van der Waals surface area contributed by atoms with Crippen LogP contribution in [0.2, 0.25) is 0 Å². The van der Waals surface area contributed by atoms with Gasteiger partial charge in [-0.3, -0.25) is 9.67 Å². The quantitative estimate of drug-likeness (QED) is 0.916. The fraction of sp³-hybridized carbons (Fsp3) is 0.417. The molecule has 0 aliphatic heterocycles. The summed E-state index contributed by atoms with van der Waals surface area (Å²) in [4.78, 5) is 4.44. The number of pyridine rings is 1. The lowest BCUT2D eigenvalue weighted by molar-refractivity contribution is 0.528. The maximum Gasteiger partial charge on any atom is 0.0846 e. The first-order valence-corrected chi connectivity index (χ1v) is 6.69. The second-order valence-corrected chi connectivity index (χ2v) is 4.92. The van der Waals surface area contributed by atoms with E-state index in [2.05, 4.69) is 43.5 Å². The van der Waals surface area contributed by atoms with Crippen molar-refractivity contribution in [1.29, 1.82) is 0 Å². The summed E-state index contributed by atoms with van der Waals surface area (Å²) in [6, 6.07) is 4.06. The highest BCUT2D eigenvalue weighted by atomic mass is 79.9. The van der Waals surface area contributed by atoms with E-state index in [1.54, 1.807) is 10.9 Å². The van der Waals surface area contributed by atoms with E-state index in [0.717, 1.165) is 28.8 Å². The summed E-state index contributed by atoms with van der Waals surface area (Å²) in [5, 5.41) is 11.5. The molecule has 0 radical (unpaired) electrons. The Labute approximate surface area is 115 Å². The molecule has 6 heteroatoms. The number of hydrogen-bond acceptors (Lipinski definition) is 4. The van der Waals surface area contributed by atoms with Crippen molar-refractivity contribution in [2.45, 2.75) is 19.4 Å². The molecule has 0 aromatic carbocycles. The largest absolute Gasteiger partial charge is 0.309 e. The molecular formula is C12H16BrN5. The van der Waals surface area contributed by atoms with E-state index in [4.69, 9.17) is 0 Å². The van der Waals surface area contributed by atoms with Gasteiger partial charge in [0, 0.05) is 30.3 Å². The van der Waals surface area contributed by atoms with Crippen molar-refractivity contribution < 1.29 is 0 Å². The van der Waals surface area contributed by atoms with Gasteiger partial charge in [-0.2, -0.15) is 0 Å². The van der Waals surface area contributed by atoms with Gasteiger partial charge in [-0.1, -0.05) is 12.1 Å². The predicted octanol–water partition coefficient (Wildman–Crippen LogP) is 1.87. The van der Waals surface area contributed by atoms with Gasteiger partial charge in [-0.05, 0) is 34.6 Å². The van der Waals surface area contributed by atoms with Crippen LogP contribution in [0.1, 0.15) is 24.4 Å². The van der Waals surface area contributed by atoms with Crippen molar-refractivity contribution in [2.24, 2.45) is 7.05 Å². The van der Waals surface area contributed by atoms with Crippen molar-refractivity contribution in [3.8, 4) is 0 Å². The highest BCUT2D eigenvalue weighted by molar-refractivity contribution is 9.10. The van der Waals surface area contributed by atoms with Gasteiger partial charge in [0.1, 0.15) is 0 Å². The highest BCUT2D eigenvalue weighted by Crippen LogP contribution is 2.23. The van der Waals surface area contributed by atoms with Crippen molar-refractivity contribution >= 4 is 15.9 Å². The standard InChI is InChI=1S/C12H16BrN5/c1-3-14-11(7-9-8-18(2)17-16-9)12-10(13)5-4-6-15-12/h4-6,8,11,14H,3,7H2,1-2H3. The number of nitrogens with one attached hydrogen (secondary N) is 1. The minimum atomic E-state index is 0.141. The topological polar surface area (TPSA) is 55.6 Å². The molecule has 2 rings (SSSR count). The number of likely N-dealkylation sites (N-methyl/N-ethyl adjacent to an activating group) is 1. The highest BCUT2D eigenvalue weighted by Gasteiger charge is 2.16. The molecular weight excluding hydrogens is 294 g/mol. The Balaban J connectivity index is 2.20. The minimum absolute atomic E-state index is 0.141. The lowest BCUT2D eigenvalue weighted by atomic mass is 10.1. The lowest BCUT2D eigenvalue weighted by Gasteiger charge is -2.17. The van der Waals surface area contributed by atoms with Crippen LogP contribution in [0.3, 0.4) is 0 Å². The van der Waals surface area contributed by atoms with Crippen LogP contribution in [-0.2, 0) is 13.5 Å². The van der Waals surface area contributed by atoms with Gasteiger partial charge >= 0.3 is 0 Å². The Kier molecular flexibility index (Phi) is 4.43. The van der Waals surface area contributed by atoms with E-state index in [9.17, 15) is 0 Å². The molecule has 0 aliphatic rings. The lowest BCUT2D eigenvalue weighted by Crippen LogP contribution is -2.24. The zero-order chi connectivity index (χ0) is 13.0. The molecule has 1 unspecified atom stereocenters. The molecule has 0 aliphatic carbocycles. The van der Waals surface area contributed by atoms with Crippen molar-refractivity contribution in [1.82, 2.24) is 25.3 Å².